The molecule has 0 aliphatic heterocycles. The lowest BCUT2D eigenvalue weighted by molar-refractivity contribution is -0.122. The van der Waals surface area contributed by atoms with Crippen LogP contribution in [0.2, 0.25) is 0 Å². The van der Waals surface area contributed by atoms with E-state index in [0.29, 0.717) is 11.3 Å². The molecule has 0 radical (unpaired) electrons. The Labute approximate surface area is 134 Å². The Morgan fingerprint density at radius 3 is 2.92 bits per heavy atom. The van der Waals surface area contributed by atoms with Crippen LogP contribution in [-0.2, 0) is 11.3 Å². The number of nitrogens with two attached hydrogens (primary N) is 1. The summed E-state index contributed by atoms with van der Waals surface area (Å²) in [7, 11) is 0. The van der Waals surface area contributed by atoms with Gasteiger partial charge in [0.2, 0.25) is 0 Å². The molecule has 10 nitrogen and oxygen atoms in total. The van der Waals surface area contributed by atoms with Crippen LogP contribution in [0, 0.1) is 5.82 Å². The summed E-state index contributed by atoms with van der Waals surface area (Å²) >= 11 is 0. The Morgan fingerprint density at radius 2 is 2.21 bits per heavy atom. The minimum atomic E-state index is -0.449. The van der Waals surface area contributed by atoms with Gasteiger partial charge >= 0.3 is 0 Å². The Morgan fingerprint density at radius 1 is 1.42 bits per heavy atom. The van der Waals surface area contributed by atoms with Crippen molar-refractivity contribution in [1.29, 1.82) is 0 Å². The molecule has 0 fully saturated rings. The van der Waals surface area contributed by atoms with Crippen molar-refractivity contribution in [3.05, 3.63) is 41.8 Å². The van der Waals surface area contributed by atoms with Crippen LogP contribution in [0.5, 0.6) is 0 Å². The highest BCUT2D eigenvalue weighted by Gasteiger charge is 2.07. The highest BCUT2D eigenvalue weighted by atomic mass is 19.1. The maximum Gasteiger partial charge on any atom is 0.263 e. The molecule has 0 unspecified atom stereocenters. The van der Waals surface area contributed by atoms with E-state index >= 15 is 0 Å². The molecule has 0 atom stereocenters. The number of halogens is 1. The second-order valence-electron chi connectivity index (χ2n) is 4.68. The maximum absolute atomic E-state index is 13.0. The summed E-state index contributed by atoms with van der Waals surface area (Å²) < 4.78 is 13.0. The molecule has 0 bridgehead atoms. The van der Waals surface area contributed by atoms with E-state index in [4.69, 9.17) is 5.73 Å². The van der Waals surface area contributed by atoms with Gasteiger partial charge in [0.05, 0.1) is 18.1 Å². The zero-order valence-electron chi connectivity index (χ0n) is 12.2. The van der Waals surface area contributed by atoms with Gasteiger partial charge in [0.25, 0.3) is 11.9 Å². The third-order valence-electron chi connectivity index (χ3n) is 2.95. The average molecular weight is 329 g/mol. The number of amides is 1. The molecular formula is C13H12FN9O. The number of rotatable bonds is 5. The molecule has 4 N–H and O–H groups in total. The quantitative estimate of drug-likeness (QED) is 0.442. The minimum absolute atomic E-state index is 0.0198. The van der Waals surface area contributed by atoms with E-state index in [0.717, 1.165) is 10.4 Å². The van der Waals surface area contributed by atoms with Gasteiger partial charge in [0.15, 0.2) is 0 Å². The molecule has 3 rings (SSSR count). The van der Waals surface area contributed by atoms with Crippen molar-refractivity contribution in [3.63, 3.8) is 0 Å². The van der Waals surface area contributed by atoms with Gasteiger partial charge in [-0.05, 0) is 29.5 Å². The third-order valence-corrected chi connectivity index (χ3v) is 2.95. The van der Waals surface area contributed by atoms with Crippen LogP contribution in [0.25, 0.3) is 11.3 Å². The topological polar surface area (TPSA) is 140 Å². The Kier molecular flexibility index (Phi) is 4.23. The number of tetrazole rings is 1. The molecule has 0 aliphatic rings. The fourth-order valence-electron chi connectivity index (χ4n) is 1.90. The number of hydrazone groups is 1. The summed E-state index contributed by atoms with van der Waals surface area (Å²) in [4.78, 5) is 12.7. The monoisotopic (exact) mass is 329 g/mol. The van der Waals surface area contributed by atoms with Gasteiger partial charge in [-0.2, -0.15) is 15.0 Å². The van der Waals surface area contributed by atoms with Crippen LogP contribution >= 0.6 is 0 Å². The first kappa shape index (κ1) is 15.3. The number of carbonyl (C=O) groups excluding carboxylic acids is 1. The number of anilines is 1. The smallest absolute Gasteiger partial charge is 0.263 e. The summed E-state index contributed by atoms with van der Waals surface area (Å²) in [6, 6.07) is 5.91. The normalized spacial score (nSPS) is 11.0. The molecule has 0 aliphatic carbocycles. The van der Waals surface area contributed by atoms with E-state index in [9.17, 15) is 9.18 Å². The number of aromatic nitrogens is 6. The largest absolute Gasteiger partial charge is 0.365 e. The molecule has 11 heteroatoms. The molecule has 0 saturated heterocycles. The van der Waals surface area contributed by atoms with Gasteiger partial charge in [-0.25, -0.2) is 9.82 Å². The van der Waals surface area contributed by atoms with Crippen LogP contribution in [0.15, 0.2) is 35.6 Å². The predicted octanol–water partition coefficient (Wildman–Crippen LogP) is -0.0652. The van der Waals surface area contributed by atoms with E-state index in [1.165, 1.54) is 24.5 Å². The van der Waals surface area contributed by atoms with E-state index in [-0.39, 0.29) is 18.3 Å². The van der Waals surface area contributed by atoms with Gasteiger partial charge in [-0.3, -0.25) is 9.89 Å². The van der Waals surface area contributed by atoms with Crippen LogP contribution < -0.4 is 11.2 Å². The highest BCUT2D eigenvalue weighted by Crippen LogP contribution is 2.19. The SMILES string of the molecule is Nc1nnn(CC(=O)N/N=C/c2cn[nH]c2-c2ccc(F)cc2)n1. The second-order valence-corrected chi connectivity index (χ2v) is 4.68. The van der Waals surface area contributed by atoms with Crippen molar-refractivity contribution in [3.8, 4) is 11.3 Å². The zero-order valence-corrected chi connectivity index (χ0v) is 12.2. The fraction of sp³-hybridized carbons (Fsp3) is 0.0769. The minimum Gasteiger partial charge on any atom is -0.365 e. The van der Waals surface area contributed by atoms with Gasteiger partial charge in [0.1, 0.15) is 12.4 Å². The average Bonchev–Trinajstić information content (AvgIpc) is 3.17. The summed E-state index contributed by atoms with van der Waals surface area (Å²) in [5.41, 5.74) is 9.65. The first-order valence-electron chi connectivity index (χ1n) is 6.76. The number of hydrogen-bond donors (Lipinski definition) is 3. The Hall–Kier alpha value is -3.63. The van der Waals surface area contributed by atoms with Crippen LogP contribution in [0.1, 0.15) is 5.56 Å². The lowest BCUT2D eigenvalue weighted by atomic mass is 10.1. The molecule has 1 aromatic carbocycles. The summed E-state index contributed by atoms with van der Waals surface area (Å²) in [6.45, 7) is -0.169. The van der Waals surface area contributed by atoms with Crippen LogP contribution in [-0.4, -0.2) is 42.5 Å². The molecule has 0 spiro atoms. The Balaban J connectivity index is 1.64. The Bertz CT molecular complexity index is 868. The number of nitrogens with zero attached hydrogens (tertiary/aromatic N) is 6. The van der Waals surface area contributed by atoms with Crippen molar-refractivity contribution >= 4 is 18.1 Å². The first-order chi connectivity index (χ1) is 11.6. The number of benzene rings is 1. The van der Waals surface area contributed by atoms with E-state index < -0.39 is 5.91 Å². The van der Waals surface area contributed by atoms with Crippen LogP contribution in [0.3, 0.4) is 0 Å². The van der Waals surface area contributed by atoms with Crippen molar-refractivity contribution < 1.29 is 9.18 Å². The lowest BCUT2D eigenvalue weighted by Gasteiger charge is -2.00. The lowest BCUT2D eigenvalue weighted by Crippen LogP contribution is -2.24. The summed E-state index contributed by atoms with van der Waals surface area (Å²) in [5.74, 6) is -0.799. The molecule has 3 aromatic rings. The molecule has 2 heterocycles. The predicted molar refractivity (Wildman–Crippen MR) is 81.9 cm³/mol. The van der Waals surface area contributed by atoms with Crippen molar-refractivity contribution in [2.75, 3.05) is 5.73 Å². The van der Waals surface area contributed by atoms with Crippen molar-refractivity contribution in [1.82, 2.24) is 35.8 Å². The van der Waals surface area contributed by atoms with E-state index in [1.54, 1.807) is 12.1 Å². The van der Waals surface area contributed by atoms with Crippen molar-refractivity contribution in [2.24, 2.45) is 5.10 Å². The zero-order chi connectivity index (χ0) is 16.9. The van der Waals surface area contributed by atoms with E-state index in [2.05, 4.69) is 36.1 Å². The maximum atomic E-state index is 13.0. The number of hydrogen-bond acceptors (Lipinski definition) is 7. The number of nitrogens with one attached hydrogen (secondary N) is 2. The molecule has 0 saturated carbocycles. The second kappa shape index (κ2) is 6.64. The van der Waals surface area contributed by atoms with Crippen LogP contribution in [0.4, 0.5) is 10.3 Å². The number of nitrogen functional groups attached to an aromatic ring is 1. The van der Waals surface area contributed by atoms with Gasteiger partial charge in [0, 0.05) is 11.1 Å². The molecular weight excluding hydrogens is 317 g/mol. The van der Waals surface area contributed by atoms with E-state index in [1.807, 2.05) is 0 Å². The van der Waals surface area contributed by atoms with Gasteiger partial charge in [-0.1, -0.05) is 5.10 Å². The molecule has 122 valence electrons. The number of aromatic amines is 1. The highest BCUT2D eigenvalue weighted by molar-refractivity contribution is 5.89. The van der Waals surface area contributed by atoms with Gasteiger partial charge in [-0.15, -0.1) is 5.10 Å². The summed E-state index contributed by atoms with van der Waals surface area (Å²) in [6.07, 6.45) is 2.96. The molecule has 2 aromatic heterocycles. The third kappa shape index (κ3) is 3.58. The number of carbonyl (C=O) groups is 1. The van der Waals surface area contributed by atoms with Crippen molar-refractivity contribution in [2.45, 2.75) is 6.54 Å². The molecule has 1 amide bonds. The fourth-order valence-corrected chi connectivity index (χ4v) is 1.90. The molecule has 24 heavy (non-hydrogen) atoms. The number of H-pyrrole nitrogens is 1. The van der Waals surface area contributed by atoms with Gasteiger partial charge < -0.3 is 5.73 Å². The summed E-state index contributed by atoms with van der Waals surface area (Å²) in [5, 5.41) is 21.3. The standard InChI is InChI=1S/C13H12FN9O/c14-10-3-1-8(2-4-10)12-9(6-17-19-12)5-16-18-11(24)7-23-21-13(15)20-22-23/h1-6H,7H2,(H2,15,21)(H,17,19)(H,18,24)/b16-5+. The first-order valence-corrected chi connectivity index (χ1v) is 6.76.